The summed E-state index contributed by atoms with van der Waals surface area (Å²) in [5.74, 6) is -1.41. The minimum absolute atomic E-state index is 0.367. The Morgan fingerprint density at radius 2 is 2.11 bits per heavy atom. The Morgan fingerprint density at radius 1 is 1.33 bits per heavy atom. The van der Waals surface area contributed by atoms with Crippen molar-refractivity contribution >= 4 is 40.5 Å². The van der Waals surface area contributed by atoms with E-state index in [2.05, 4.69) is 0 Å². The summed E-state index contributed by atoms with van der Waals surface area (Å²) in [7, 11) is 0. The van der Waals surface area contributed by atoms with Gasteiger partial charge in [0.2, 0.25) is 0 Å². The molecule has 0 spiro atoms. The number of hydrogen-bond donors (Lipinski definition) is 1. The van der Waals surface area contributed by atoms with Gasteiger partial charge in [0.25, 0.3) is 0 Å². The molecular weight excluding hydrogens is 291 g/mol. The van der Waals surface area contributed by atoms with Crippen LogP contribution in [0.25, 0.3) is 0 Å². The van der Waals surface area contributed by atoms with Crippen LogP contribution in [0.4, 0.5) is 0 Å². The van der Waals surface area contributed by atoms with Crippen LogP contribution >= 0.6 is 34.5 Å². The number of rotatable bonds is 4. The second-order valence-electron chi connectivity index (χ2n) is 3.85. The van der Waals surface area contributed by atoms with Crippen molar-refractivity contribution in [3.63, 3.8) is 0 Å². The molecule has 0 aliphatic carbocycles. The van der Waals surface area contributed by atoms with Gasteiger partial charge < -0.3 is 5.11 Å². The molecule has 2 rings (SSSR count). The maximum atomic E-state index is 11.3. The van der Waals surface area contributed by atoms with Crippen LogP contribution in [0.2, 0.25) is 10.0 Å². The summed E-state index contributed by atoms with van der Waals surface area (Å²) in [6.45, 7) is 0. The van der Waals surface area contributed by atoms with Gasteiger partial charge in [0.1, 0.15) is 0 Å². The van der Waals surface area contributed by atoms with E-state index in [9.17, 15) is 9.90 Å². The van der Waals surface area contributed by atoms with Gasteiger partial charge in [0.15, 0.2) is 0 Å². The third-order valence-electron chi connectivity index (χ3n) is 2.62. The van der Waals surface area contributed by atoms with Crippen molar-refractivity contribution in [2.75, 3.05) is 0 Å². The molecule has 1 N–H and O–H groups in total. The number of carboxylic acid groups (broad SMARTS) is 1. The van der Waals surface area contributed by atoms with E-state index in [1.54, 1.807) is 18.2 Å². The highest BCUT2D eigenvalue weighted by atomic mass is 35.5. The summed E-state index contributed by atoms with van der Waals surface area (Å²) in [6, 6.07) is 8.79. The van der Waals surface area contributed by atoms with Crippen LogP contribution in [-0.2, 0) is 11.2 Å². The van der Waals surface area contributed by atoms with Crippen LogP contribution in [0.5, 0.6) is 0 Å². The molecule has 0 saturated heterocycles. The summed E-state index contributed by atoms with van der Waals surface area (Å²) in [6.07, 6.45) is 0.367. The Balaban J connectivity index is 2.27. The minimum atomic E-state index is -0.844. The Bertz CT molecular complexity index is 552. The number of halogens is 2. The Kier molecular flexibility index (Phi) is 4.27. The third-order valence-corrected chi connectivity index (χ3v) is 4.20. The lowest BCUT2D eigenvalue weighted by Crippen LogP contribution is -2.13. The lowest BCUT2D eigenvalue weighted by atomic mass is 9.98. The van der Waals surface area contributed by atoms with E-state index >= 15 is 0 Å². The van der Waals surface area contributed by atoms with Crippen molar-refractivity contribution in [1.82, 2.24) is 0 Å². The molecule has 1 aromatic heterocycles. The first-order valence-corrected chi connectivity index (χ1v) is 6.91. The SMILES string of the molecule is O=C(O)C(Cc1ccc(Cl)cc1Cl)c1cccs1. The van der Waals surface area contributed by atoms with Crippen molar-refractivity contribution in [2.24, 2.45) is 0 Å². The van der Waals surface area contributed by atoms with E-state index in [4.69, 9.17) is 23.2 Å². The monoisotopic (exact) mass is 300 g/mol. The van der Waals surface area contributed by atoms with Gasteiger partial charge in [-0.3, -0.25) is 4.79 Å². The van der Waals surface area contributed by atoms with Crippen molar-refractivity contribution < 1.29 is 9.90 Å². The molecular formula is C13H10Cl2O2S. The lowest BCUT2D eigenvalue weighted by molar-refractivity contribution is -0.138. The van der Waals surface area contributed by atoms with E-state index in [0.29, 0.717) is 16.5 Å². The van der Waals surface area contributed by atoms with Gasteiger partial charge in [-0.1, -0.05) is 35.3 Å². The summed E-state index contributed by atoms with van der Waals surface area (Å²) in [5, 5.41) is 12.2. The number of hydrogen-bond acceptors (Lipinski definition) is 2. The third kappa shape index (κ3) is 3.05. The summed E-state index contributed by atoms with van der Waals surface area (Å²) in [4.78, 5) is 12.1. The van der Waals surface area contributed by atoms with Gasteiger partial charge in [-0.15, -0.1) is 11.3 Å². The highest BCUT2D eigenvalue weighted by Gasteiger charge is 2.22. The maximum Gasteiger partial charge on any atom is 0.312 e. The average Bonchev–Trinajstić information content (AvgIpc) is 2.80. The first kappa shape index (κ1) is 13.4. The number of thiophene rings is 1. The van der Waals surface area contributed by atoms with E-state index < -0.39 is 11.9 Å². The number of carbonyl (C=O) groups is 1. The summed E-state index contributed by atoms with van der Waals surface area (Å²) in [5.41, 5.74) is 0.793. The molecule has 0 amide bonds. The summed E-state index contributed by atoms with van der Waals surface area (Å²) >= 11 is 13.3. The molecule has 94 valence electrons. The van der Waals surface area contributed by atoms with Crippen LogP contribution in [0.1, 0.15) is 16.4 Å². The number of aliphatic carboxylic acids is 1. The first-order chi connectivity index (χ1) is 8.58. The fourth-order valence-electron chi connectivity index (χ4n) is 1.71. The van der Waals surface area contributed by atoms with E-state index in [1.165, 1.54) is 11.3 Å². The molecule has 2 aromatic rings. The molecule has 0 radical (unpaired) electrons. The van der Waals surface area contributed by atoms with Gasteiger partial charge >= 0.3 is 5.97 Å². The highest BCUT2D eigenvalue weighted by Crippen LogP contribution is 2.29. The van der Waals surface area contributed by atoms with Crippen molar-refractivity contribution in [1.29, 1.82) is 0 Å². The van der Waals surface area contributed by atoms with Crippen LogP contribution in [-0.4, -0.2) is 11.1 Å². The highest BCUT2D eigenvalue weighted by molar-refractivity contribution is 7.10. The van der Waals surface area contributed by atoms with Gasteiger partial charge in [-0.2, -0.15) is 0 Å². The molecule has 5 heteroatoms. The van der Waals surface area contributed by atoms with Crippen LogP contribution in [0, 0.1) is 0 Å². The minimum Gasteiger partial charge on any atom is -0.481 e. The topological polar surface area (TPSA) is 37.3 Å². The zero-order chi connectivity index (χ0) is 13.1. The smallest absolute Gasteiger partial charge is 0.312 e. The second-order valence-corrected chi connectivity index (χ2v) is 5.67. The predicted octanol–water partition coefficient (Wildman–Crippen LogP) is 4.47. The Labute approximate surface area is 119 Å². The quantitative estimate of drug-likeness (QED) is 0.905. The zero-order valence-corrected chi connectivity index (χ0v) is 11.6. The van der Waals surface area contributed by atoms with Gasteiger partial charge in [-0.05, 0) is 35.6 Å². The standard InChI is InChI=1S/C13H10Cl2O2S/c14-9-4-3-8(11(15)7-9)6-10(13(16)17)12-2-1-5-18-12/h1-5,7,10H,6H2,(H,16,17). The number of carboxylic acids is 1. The molecule has 0 bridgehead atoms. The lowest BCUT2D eigenvalue weighted by Gasteiger charge is -2.12. The normalized spacial score (nSPS) is 12.3. The molecule has 1 heterocycles. The molecule has 0 saturated carbocycles. The maximum absolute atomic E-state index is 11.3. The zero-order valence-electron chi connectivity index (χ0n) is 9.27. The van der Waals surface area contributed by atoms with Gasteiger partial charge in [0, 0.05) is 14.9 Å². The van der Waals surface area contributed by atoms with Crippen LogP contribution in [0.15, 0.2) is 35.7 Å². The molecule has 2 nitrogen and oxygen atoms in total. The molecule has 0 fully saturated rings. The van der Waals surface area contributed by atoms with E-state index in [0.717, 1.165) is 10.4 Å². The molecule has 0 aliphatic heterocycles. The van der Waals surface area contributed by atoms with Crippen LogP contribution < -0.4 is 0 Å². The first-order valence-electron chi connectivity index (χ1n) is 5.28. The molecule has 0 aliphatic rings. The Hall–Kier alpha value is -1.03. The fourth-order valence-corrected chi connectivity index (χ4v) is 3.01. The van der Waals surface area contributed by atoms with Gasteiger partial charge in [-0.25, -0.2) is 0 Å². The largest absolute Gasteiger partial charge is 0.481 e. The van der Waals surface area contributed by atoms with Crippen molar-refractivity contribution in [3.8, 4) is 0 Å². The predicted molar refractivity (Wildman–Crippen MR) is 74.9 cm³/mol. The molecule has 1 atom stereocenters. The van der Waals surface area contributed by atoms with E-state index in [-0.39, 0.29) is 0 Å². The van der Waals surface area contributed by atoms with Crippen LogP contribution in [0.3, 0.4) is 0 Å². The molecule has 18 heavy (non-hydrogen) atoms. The van der Waals surface area contributed by atoms with E-state index in [1.807, 2.05) is 17.5 Å². The fraction of sp³-hybridized carbons (Fsp3) is 0.154. The van der Waals surface area contributed by atoms with Gasteiger partial charge in [0.05, 0.1) is 5.92 Å². The Morgan fingerprint density at radius 3 is 2.67 bits per heavy atom. The number of benzene rings is 1. The average molecular weight is 301 g/mol. The second kappa shape index (κ2) is 5.74. The molecule has 1 aromatic carbocycles. The summed E-state index contributed by atoms with van der Waals surface area (Å²) < 4.78 is 0. The van der Waals surface area contributed by atoms with Crippen molar-refractivity contribution in [2.45, 2.75) is 12.3 Å². The van der Waals surface area contributed by atoms with Crippen molar-refractivity contribution in [3.05, 3.63) is 56.2 Å². The molecule has 1 unspecified atom stereocenters.